The van der Waals surface area contributed by atoms with Crippen LogP contribution in [0.2, 0.25) is 0 Å². The van der Waals surface area contributed by atoms with Crippen molar-refractivity contribution in [2.24, 2.45) is 11.8 Å². The van der Waals surface area contributed by atoms with Crippen molar-refractivity contribution in [1.29, 1.82) is 10.8 Å². The van der Waals surface area contributed by atoms with E-state index in [1.54, 1.807) is 12.1 Å². The first-order chi connectivity index (χ1) is 15.0. The lowest BCUT2D eigenvalue weighted by molar-refractivity contribution is 0.105. The van der Waals surface area contributed by atoms with Crippen molar-refractivity contribution >= 4 is 27.0 Å². The molecule has 2 N–H and O–H groups in total. The van der Waals surface area contributed by atoms with E-state index in [0.29, 0.717) is 29.7 Å². The number of nitrogens with one attached hydrogen (secondary N) is 2. The van der Waals surface area contributed by atoms with Crippen molar-refractivity contribution in [1.82, 2.24) is 4.98 Å². The number of carbonyl (C=O) groups excluding carboxylic acids is 1. The summed E-state index contributed by atoms with van der Waals surface area (Å²) in [7, 11) is -3.43. The monoisotopic (exact) mass is 459 g/mol. The quantitative estimate of drug-likeness (QED) is 0.348. The van der Waals surface area contributed by atoms with Gasteiger partial charge in [-0.25, -0.2) is 17.8 Å². The van der Waals surface area contributed by atoms with E-state index >= 15 is 0 Å². The second-order valence-electron chi connectivity index (χ2n) is 7.87. The molecule has 8 heteroatoms. The maximum Gasteiger partial charge on any atom is 0.209 e. The van der Waals surface area contributed by atoms with Gasteiger partial charge in [-0.05, 0) is 55.0 Å². The summed E-state index contributed by atoms with van der Waals surface area (Å²) in [5.41, 5.74) is 1.08. The number of aromatic nitrogens is 1. The predicted molar refractivity (Wildman–Crippen MR) is 125 cm³/mol. The van der Waals surface area contributed by atoms with Crippen LogP contribution in [0.4, 0.5) is 4.39 Å². The summed E-state index contributed by atoms with van der Waals surface area (Å²) in [5, 5.41) is 16.4. The lowest BCUT2D eigenvalue weighted by atomic mass is 9.85. The van der Waals surface area contributed by atoms with Gasteiger partial charge in [-0.15, -0.1) is 0 Å². The van der Waals surface area contributed by atoms with E-state index in [1.165, 1.54) is 31.3 Å². The topological polar surface area (TPSA) is 112 Å². The molecule has 6 nitrogen and oxygen atoms in total. The molecule has 0 aliphatic heterocycles. The van der Waals surface area contributed by atoms with Gasteiger partial charge in [0.15, 0.2) is 14.9 Å². The molecule has 172 valence electrons. The van der Waals surface area contributed by atoms with Crippen LogP contribution in [-0.4, -0.2) is 36.4 Å². The Morgan fingerprint density at radius 3 is 2.22 bits per heavy atom. The second-order valence-corrected chi connectivity index (χ2v) is 10.1. The van der Waals surface area contributed by atoms with Gasteiger partial charge >= 0.3 is 0 Å². The van der Waals surface area contributed by atoms with Crippen molar-refractivity contribution in [2.75, 3.05) is 5.75 Å². The van der Waals surface area contributed by atoms with E-state index < -0.39 is 27.4 Å². The maximum absolute atomic E-state index is 14.8. The van der Waals surface area contributed by atoms with Crippen LogP contribution >= 0.6 is 0 Å². The molecule has 0 amide bonds. The van der Waals surface area contributed by atoms with Crippen LogP contribution < -0.4 is 0 Å². The van der Waals surface area contributed by atoms with Crippen LogP contribution in [-0.2, 0) is 9.84 Å². The third-order valence-electron chi connectivity index (χ3n) is 5.80. The average molecular weight is 460 g/mol. The van der Waals surface area contributed by atoms with Crippen molar-refractivity contribution in [3.63, 3.8) is 0 Å². The molecule has 0 spiro atoms. The van der Waals surface area contributed by atoms with Gasteiger partial charge < -0.3 is 10.8 Å². The van der Waals surface area contributed by atoms with Gasteiger partial charge in [-0.2, -0.15) is 0 Å². The van der Waals surface area contributed by atoms with Gasteiger partial charge in [-0.1, -0.05) is 33.8 Å². The van der Waals surface area contributed by atoms with Gasteiger partial charge in [-0.3, -0.25) is 4.79 Å². The number of halogens is 1. The van der Waals surface area contributed by atoms with E-state index in [0.717, 1.165) is 6.42 Å². The first-order valence-corrected chi connectivity index (χ1v) is 12.4. The fourth-order valence-electron chi connectivity index (χ4n) is 3.26. The molecular weight excluding hydrogens is 429 g/mol. The number of hydrogen-bond donors (Lipinski definition) is 2. The van der Waals surface area contributed by atoms with Crippen LogP contribution in [0.3, 0.4) is 0 Å². The number of sulfone groups is 1. The van der Waals surface area contributed by atoms with Gasteiger partial charge in [0.1, 0.15) is 5.82 Å². The molecule has 1 aromatic heterocycles. The summed E-state index contributed by atoms with van der Waals surface area (Å²) in [4.78, 5) is 16.8. The Hall–Kier alpha value is -2.74. The van der Waals surface area contributed by atoms with E-state index in [1.807, 2.05) is 20.8 Å². The van der Waals surface area contributed by atoms with Crippen molar-refractivity contribution in [3.8, 4) is 11.1 Å². The highest BCUT2D eigenvalue weighted by Gasteiger charge is 2.25. The van der Waals surface area contributed by atoms with Crippen LogP contribution in [0.25, 0.3) is 11.1 Å². The molecule has 0 aliphatic carbocycles. The SMILES string of the molecule is CC[C@@H](CC(=N)[C@H](C)CC)C(=N)C(=O)c1ccc(-c2ccc(S(=O)(=O)CC)nc2)cc1F. The van der Waals surface area contributed by atoms with Gasteiger partial charge in [0.2, 0.25) is 5.78 Å². The van der Waals surface area contributed by atoms with E-state index in [9.17, 15) is 17.6 Å². The molecule has 0 bridgehead atoms. The van der Waals surface area contributed by atoms with Gasteiger partial charge in [0, 0.05) is 23.4 Å². The molecule has 2 aromatic rings. The number of pyridine rings is 1. The van der Waals surface area contributed by atoms with Gasteiger partial charge in [0.25, 0.3) is 0 Å². The largest absolute Gasteiger partial charge is 0.309 e. The molecule has 2 rings (SSSR count). The van der Waals surface area contributed by atoms with Crippen molar-refractivity contribution in [3.05, 3.63) is 47.9 Å². The zero-order valence-electron chi connectivity index (χ0n) is 18.9. The van der Waals surface area contributed by atoms with E-state index in [2.05, 4.69) is 4.98 Å². The van der Waals surface area contributed by atoms with Crippen LogP contribution in [0.1, 0.15) is 57.3 Å². The highest BCUT2D eigenvalue weighted by Crippen LogP contribution is 2.25. The Morgan fingerprint density at radius 2 is 1.72 bits per heavy atom. The smallest absolute Gasteiger partial charge is 0.209 e. The standard InChI is InChI=1S/C24H30FN3O3S/c1-5-15(4)21(26)13-16(6-2)23(27)24(29)19-10-8-17(12-20(19)25)18-9-11-22(28-14-18)32(30,31)7-3/h8-12,14-16,26-27H,5-7,13H2,1-4H3/t15-,16+/m1/s1. The molecule has 0 radical (unpaired) electrons. The molecule has 2 atom stereocenters. The number of benzene rings is 1. The Morgan fingerprint density at radius 1 is 1.06 bits per heavy atom. The average Bonchev–Trinajstić information content (AvgIpc) is 2.80. The first kappa shape index (κ1) is 25.5. The van der Waals surface area contributed by atoms with E-state index in [-0.39, 0.29) is 28.0 Å². The molecule has 0 saturated heterocycles. The minimum atomic E-state index is -3.43. The Labute approximate surface area is 189 Å². The lowest BCUT2D eigenvalue weighted by Crippen LogP contribution is -2.27. The van der Waals surface area contributed by atoms with Crippen LogP contribution in [0.5, 0.6) is 0 Å². The number of carbonyl (C=O) groups is 1. The fraction of sp³-hybridized carbons (Fsp3) is 0.417. The molecule has 0 fully saturated rings. The fourth-order valence-corrected chi connectivity index (χ4v) is 4.04. The first-order valence-electron chi connectivity index (χ1n) is 10.7. The molecule has 1 aromatic carbocycles. The summed E-state index contributed by atoms with van der Waals surface area (Å²) in [6, 6.07) is 7.00. The third-order valence-corrected chi connectivity index (χ3v) is 7.44. The normalized spacial score (nSPS) is 13.4. The molecule has 0 unspecified atom stereocenters. The summed E-state index contributed by atoms with van der Waals surface area (Å²) >= 11 is 0. The molecule has 32 heavy (non-hydrogen) atoms. The summed E-state index contributed by atoms with van der Waals surface area (Å²) in [6.45, 7) is 7.31. The predicted octanol–water partition coefficient (Wildman–Crippen LogP) is 5.37. The zero-order chi connectivity index (χ0) is 24.1. The number of Topliss-reactive ketones (excluding diaryl/α,β-unsaturated/α-hetero) is 1. The molecular formula is C24H30FN3O3S. The van der Waals surface area contributed by atoms with Crippen LogP contribution in [0, 0.1) is 28.5 Å². The highest BCUT2D eigenvalue weighted by atomic mass is 32.2. The number of ketones is 1. The van der Waals surface area contributed by atoms with Gasteiger partial charge in [0.05, 0.1) is 17.0 Å². The van der Waals surface area contributed by atoms with Crippen LogP contribution in [0.15, 0.2) is 41.6 Å². The maximum atomic E-state index is 14.8. The Kier molecular flexibility index (Phi) is 8.55. The minimum absolute atomic E-state index is 0.0435. The molecule has 0 aliphatic rings. The number of rotatable bonds is 11. The number of hydrogen-bond acceptors (Lipinski definition) is 6. The summed E-state index contributed by atoms with van der Waals surface area (Å²) in [6.07, 6.45) is 3.00. The summed E-state index contributed by atoms with van der Waals surface area (Å²) < 4.78 is 38.6. The second kappa shape index (κ2) is 10.7. The third kappa shape index (κ3) is 5.73. The molecule has 1 heterocycles. The summed E-state index contributed by atoms with van der Waals surface area (Å²) in [5.74, 6) is -1.85. The van der Waals surface area contributed by atoms with Crippen molar-refractivity contribution in [2.45, 2.75) is 52.0 Å². The van der Waals surface area contributed by atoms with Crippen molar-refractivity contribution < 1.29 is 17.6 Å². The Bertz CT molecular complexity index is 1110. The zero-order valence-corrected chi connectivity index (χ0v) is 19.7. The highest BCUT2D eigenvalue weighted by molar-refractivity contribution is 7.91. The molecule has 0 saturated carbocycles. The van der Waals surface area contributed by atoms with E-state index in [4.69, 9.17) is 10.8 Å². The Balaban J connectivity index is 2.24. The lowest BCUT2D eigenvalue weighted by Gasteiger charge is -2.19. The minimum Gasteiger partial charge on any atom is -0.309 e. The number of nitrogens with zero attached hydrogens (tertiary/aromatic N) is 1.